The number of carbonyl (C=O) groups is 1. The molecule has 1 amide bonds. The lowest BCUT2D eigenvalue weighted by molar-refractivity contribution is -0.129. The van der Waals surface area contributed by atoms with Crippen molar-refractivity contribution in [3.8, 4) is 0 Å². The predicted octanol–water partition coefficient (Wildman–Crippen LogP) is 1.19. The number of hydrogen-bond donors (Lipinski definition) is 2. The van der Waals surface area contributed by atoms with E-state index in [4.69, 9.17) is 5.73 Å². The van der Waals surface area contributed by atoms with E-state index in [2.05, 4.69) is 9.97 Å². The number of nitrogens with one attached hydrogen (secondary N) is 1. The van der Waals surface area contributed by atoms with Crippen LogP contribution in [0.15, 0.2) is 29.1 Å². The van der Waals surface area contributed by atoms with E-state index in [0.29, 0.717) is 25.2 Å². The topological polar surface area (TPSA) is 92.1 Å². The van der Waals surface area contributed by atoms with Gasteiger partial charge >= 0.3 is 0 Å². The Bertz CT molecular complexity index is 837. The molecule has 1 aliphatic heterocycles. The first-order valence-electron chi connectivity index (χ1n) is 7.51. The van der Waals surface area contributed by atoms with Crippen molar-refractivity contribution in [1.29, 1.82) is 0 Å². The van der Waals surface area contributed by atoms with Gasteiger partial charge < -0.3 is 10.6 Å². The molecule has 24 heavy (non-hydrogen) atoms. The standard InChI is InChI=1S/C16H16F2N4O2/c17-11-2-1-9(12(18)6-11)5-15(24)22-4-3-10(8-22)13-7-14(23)21-16(19)20-13/h1-2,6-7,10H,3-5,8H2,(H3,19,20,21,23). The number of rotatable bonds is 3. The van der Waals surface area contributed by atoms with Crippen LogP contribution in [0.1, 0.15) is 23.6 Å². The summed E-state index contributed by atoms with van der Waals surface area (Å²) < 4.78 is 26.6. The average Bonchev–Trinajstić information content (AvgIpc) is 2.99. The van der Waals surface area contributed by atoms with Gasteiger partial charge in [-0.1, -0.05) is 6.07 Å². The number of amides is 1. The molecule has 1 fully saturated rings. The number of carbonyl (C=O) groups excluding carboxylic acids is 1. The number of hydrogen-bond acceptors (Lipinski definition) is 4. The van der Waals surface area contributed by atoms with Gasteiger partial charge in [-0.3, -0.25) is 14.6 Å². The number of benzene rings is 1. The first kappa shape index (κ1) is 16.1. The third-order valence-electron chi connectivity index (χ3n) is 4.10. The molecule has 126 valence electrons. The SMILES string of the molecule is Nc1nc(C2CCN(C(=O)Cc3ccc(F)cc3F)C2)cc(=O)[nH]1. The van der Waals surface area contributed by atoms with Gasteiger partial charge in [0.1, 0.15) is 11.6 Å². The highest BCUT2D eigenvalue weighted by atomic mass is 19.1. The van der Waals surface area contributed by atoms with E-state index in [1.54, 1.807) is 4.90 Å². The quantitative estimate of drug-likeness (QED) is 0.882. The van der Waals surface area contributed by atoms with E-state index in [1.165, 1.54) is 12.1 Å². The summed E-state index contributed by atoms with van der Waals surface area (Å²) in [6.45, 7) is 0.873. The normalized spacial score (nSPS) is 17.2. The van der Waals surface area contributed by atoms with Gasteiger partial charge in [0.15, 0.2) is 0 Å². The van der Waals surface area contributed by atoms with Crippen LogP contribution in [0.3, 0.4) is 0 Å². The van der Waals surface area contributed by atoms with Crippen molar-refractivity contribution in [1.82, 2.24) is 14.9 Å². The number of anilines is 1. The summed E-state index contributed by atoms with van der Waals surface area (Å²) in [5.74, 6) is -1.71. The second-order valence-electron chi connectivity index (χ2n) is 5.79. The van der Waals surface area contributed by atoms with Crippen molar-refractivity contribution in [3.63, 3.8) is 0 Å². The van der Waals surface area contributed by atoms with Gasteiger partial charge in [-0.25, -0.2) is 13.8 Å². The molecule has 3 rings (SSSR count). The fourth-order valence-electron chi connectivity index (χ4n) is 2.87. The number of nitrogens with two attached hydrogens (primary N) is 1. The third-order valence-corrected chi connectivity index (χ3v) is 4.10. The maximum absolute atomic E-state index is 13.7. The molecule has 6 nitrogen and oxygen atoms in total. The molecule has 2 heterocycles. The highest BCUT2D eigenvalue weighted by Gasteiger charge is 2.29. The Kier molecular flexibility index (Phi) is 4.28. The van der Waals surface area contributed by atoms with Crippen LogP contribution < -0.4 is 11.3 Å². The van der Waals surface area contributed by atoms with E-state index < -0.39 is 11.6 Å². The van der Waals surface area contributed by atoms with E-state index >= 15 is 0 Å². The minimum atomic E-state index is -0.733. The monoisotopic (exact) mass is 334 g/mol. The Morgan fingerprint density at radius 2 is 2.17 bits per heavy atom. The Labute approximate surface area is 136 Å². The molecule has 1 aromatic carbocycles. The van der Waals surface area contributed by atoms with Crippen LogP contribution in [0.5, 0.6) is 0 Å². The van der Waals surface area contributed by atoms with E-state index in [-0.39, 0.29) is 35.3 Å². The summed E-state index contributed by atoms with van der Waals surface area (Å²) in [4.78, 5) is 31.8. The zero-order valence-electron chi connectivity index (χ0n) is 12.8. The molecule has 8 heteroatoms. The lowest BCUT2D eigenvalue weighted by atomic mass is 10.0. The van der Waals surface area contributed by atoms with Gasteiger partial charge in [0.05, 0.1) is 12.1 Å². The Morgan fingerprint density at radius 3 is 2.88 bits per heavy atom. The minimum absolute atomic E-state index is 0.0376. The second-order valence-corrected chi connectivity index (χ2v) is 5.79. The fraction of sp³-hybridized carbons (Fsp3) is 0.312. The number of nitrogen functional groups attached to an aromatic ring is 1. The first-order valence-corrected chi connectivity index (χ1v) is 7.51. The van der Waals surface area contributed by atoms with E-state index in [0.717, 1.165) is 12.1 Å². The number of likely N-dealkylation sites (tertiary alicyclic amines) is 1. The van der Waals surface area contributed by atoms with Gasteiger partial charge in [0.2, 0.25) is 11.9 Å². The molecular weight excluding hydrogens is 318 g/mol. The second kappa shape index (κ2) is 6.38. The van der Waals surface area contributed by atoms with Gasteiger partial charge in [-0.2, -0.15) is 0 Å². The van der Waals surface area contributed by atoms with Crippen molar-refractivity contribution in [2.45, 2.75) is 18.8 Å². The smallest absolute Gasteiger partial charge is 0.252 e. The van der Waals surface area contributed by atoms with Crippen molar-refractivity contribution < 1.29 is 13.6 Å². The van der Waals surface area contributed by atoms with Crippen LogP contribution in [0.2, 0.25) is 0 Å². The van der Waals surface area contributed by atoms with E-state index in [1.807, 2.05) is 0 Å². The average molecular weight is 334 g/mol. The van der Waals surface area contributed by atoms with Gasteiger partial charge in [0, 0.05) is 31.1 Å². The largest absolute Gasteiger partial charge is 0.369 e. The molecule has 0 aliphatic carbocycles. The number of aromatic amines is 1. The van der Waals surface area contributed by atoms with Crippen LogP contribution in [0, 0.1) is 11.6 Å². The molecule has 0 spiro atoms. The molecule has 1 unspecified atom stereocenters. The van der Waals surface area contributed by atoms with Crippen LogP contribution in [0.25, 0.3) is 0 Å². The molecule has 1 atom stereocenters. The number of halogens is 2. The molecule has 3 N–H and O–H groups in total. The van der Waals surface area contributed by atoms with Crippen LogP contribution >= 0.6 is 0 Å². The summed E-state index contributed by atoms with van der Waals surface area (Å²) in [6, 6.07) is 4.53. The maximum atomic E-state index is 13.7. The molecule has 1 aromatic heterocycles. The van der Waals surface area contributed by atoms with Crippen molar-refractivity contribution in [2.75, 3.05) is 18.8 Å². The zero-order chi connectivity index (χ0) is 17.3. The van der Waals surface area contributed by atoms with Crippen molar-refractivity contribution in [2.24, 2.45) is 0 Å². The molecule has 2 aromatic rings. The minimum Gasteiger partial charge on any atom is -0.369 e. The molecular formula is C16H16F2N4O2. The zero-order valence-corrected chi connectivity index (χ0v) is 12.8. The highest BCUT2D eigenvalue weighted by Crippen LogP contribution is 2.26. The highest BCUT2D eigenvalue weighted by molar-refractivity contribution is 5.79. The fourth-order valence-corrected chi connectivity index (χ4v) is 2.87. The summed E-state index contributed by atoms with van der Waals surface area (Å²) in [5, 5.41) is 0. The van der Waals surface area contributed by atoms with Crippen molar-refractivity contribution >= 4 is 11.9 Å². The lowest BCUT2D eigenvalue weighted by Gasteiger charge is -2.17. The molecule has 0 bridgehead atoms. The summed E-state index contributed by atoms with van der Waals surface area (Å²) in [7, 11) is 0. The molecule has 0 radical (unpaired) electrons. The van der Waals surface area contributed by atoms with Gasteiger partial charge in [-0.05, 0) is 18.1 Å². The van der Waals surface area contributed by atoms with Crippen LogP contribution in [-0.2, 0) is 11.2 Å². The predicted molar refractivity (Wildman–Crippen MR) is 83.3 cm³/mol. The van der Waals surface area contributed by atoms with Crippen LogP contribution in [0.4, 0.5) is 14.7 Å². The van der Waals surface area contributed by atoms with Gasteiger partial charge in [-0.15, -0.1) is 0 Å². The lowest BCUT2D eigenvalue weighted by Crippen LogP contribution is -2.30. The van der Waals surface area contributed by atoms with Crippen molar-refractivity contribution in [3.05, 3.63) is 57.5 Å². The first-order chi connectivity index (χ1) is 11.4. The Balaban J connectivity index is 1.68. The number of nitrogens with zero attached hydrogens (tertiary/aromatic N) is 2. The summed E-state index contributed by atoms with van der Waals surface area (Å²) in [6.07, 6.45) is 0.511. The molecule has 1 aliphatic rings. The summed E-state index contributed by atoms with van der Waals surface area (Å²) >= 11 is 0. The van der Waals surface area contributed by atoms with Gasteiger partial charge in [0.25, 0.3) is 5.56 Å². The number of aromatic nitrogens is 2. The number of H-pyrrole nitrogens is 1. The molecule has 0 saturated carbocycles. The third kappa shape index (κ3) is 3.42. The maximum Gasteiger partial charge on any atom is 0.252 e. The molecule has 1 saturated heterocycles. The Hall–Kier alpha value is -2.77. The summed E-state index contributed by atoms with van der Waals surface area (Å²) in [5.41, 5.74) is 5.89. The van der Waals surface area contributed by atoms with E-state index in [9.17, 15) is 18.4 Å². The Morgan fingerprint density at radius 1 is 1.38 bits per heavy atom. The van der Waals surface area contributed by atoms with Crippen LogP contribution in [-0.4, -0.2) is 33.9 Å².